The summed E-state index contributed by atoms with van der Waals surface area (Å²) in [6, 6.07) is 58.4. The second-order valence-electron chi connectivity index (χ2n) is 14.4. The van der Waals surface area contributed by atoms with Gasteiger partial charge in [0.2, 0.25) is 0 Å². The Labute approximate surface area is 318 Å². The predicted octanol–water partition coefficient (Wildman–Crippen LogP) is 13.1. The van der Waals surface area contributed by atoms with Crippen molar-refractivity contribution >= 4 is 87.5 Å². The number of aromatic nitrogens is 2. The summed E-state index contributed by atoms with van der Waals surface area (Å²) in [5.74, 6) is 0. The van der Waals surface area contributed by atoms with Crippen molar-refractivity contribution in [2.75, 3.05) is 0 Å². The molecule has 0 radical (unpaired) electrons. The average molecular weight is 715 g/mol. The minimum absolute atomic E-state index is 0.522. The molecule has 6 heteroatoms. The van der Waals surface area contributed by atoms with Gasteiger partial charge in [0.25, 0.3) is 0 Å². The average Bonchev–Trinajstić information content (AvgIpc) is 3.99. The van der Waals surface area contributed by atoms with Crippen molar-refractivity contribution in [1.29, 1.82) is 10.5 Å². The fraction of sp³-hybridized carbons (Fsp3) is 0. The fourth-order valence-electron chi connectivity index (χ4n) is 8.87. The monoisotopic (exact) mass is 714 g/mol. The minimum Gasteiger partial charge on any atom is -0.456 e. The molecule has 4 heterocycles. The van der Waals surface area contributed by atoms with Crippen molar-refractivity contribution in [3.8, 4) is 34.6 Å². The summed E-state index contributed by atoms with van der Waals surface area (Å²) < 4.78 is 17.1. The highest BCUT2D eigenvalue weighted by Crippen LogP contribution is 2.41. The van der Waals surface area contributed by atoms with Crippen LogP contribution in [0.1, 0.15) is 11.1 Å². The van der Waals surface area contributed by atoms with E-state index >= 15 is 0 Å². The lowest BCUT2D eigenvalue weighted by atomic mass is 9.99. The van der Waals surface area contributed by atoms with E-state index in [1.165, 1.54) is 0 Å². The number of hydrogen-bond donors (Lipinski definition) is 0. The maximum atomic E-state index is 10.4. The molecule has 0 amide bonds. The number of hydrogen-bond acceptors (Lipinski definition) is 4. The first-order valence-corrected chi connectivity index (χ1v) is 18.4. The topological polar surface area (TPSA) is 83.7 Å². The number of para-hydroxylation sites is 4. The normalized spacial score (nSPS) is 11.9. The van der Waals surface area contributed by atoms with Gasteiger partial charge in [0.1, 0.15) is 22.3 Å². The van der Waals surface area contributed by atoms with E-state index in [1.54, 1.807) is 0 Å². The van der Waals surface area contributed by atoms with Gasteiger partial charge < -0.3 is 18.0 Å². The number of rotatable bonds is 3. The maximum Gasteiger partial charge on any atom is 0.136 e. The Morgan fingerprint density at radius 2 is 0.750 bits per heavy atom. The lowest BCUT2D eigenvalue weighted by molar-refractivity contribution is 0.669. The van der Waals surface area contributed by atoms with Crippen LogP contribution in [0.2, 0.25) is 0 Å². The third-order valence-corrected chi connectivity index (χ3v) is 11.3. The van der Waals surface area contributed by atoms with Gasteiger partial charge in [-0.1, -0.05) is 72.8 Å². The van der Waals surface area contributed by atoms with E-state index in [2.05, 4.69) is 106 Å². The standard InChI is InChI=1S/C50H26N4O2/c51-27-29-17-31(21-33(19-29)53-43-13-5-1-9-35(43)39-25-49-41(23-45(39)53)37-11-3-7-15-47(37)55-49)32-18-30(28-52)20-34(22-32)54-44-14-6-2-10-36(44)40-26-50-42(24-46(40)54)38-12-4-8-16-48(38)56-50/h1-26H. The Kier molecular flexibility index (Phi) is 6.10. The van der Waals surface area contributed by atoms with Crippen LogP contribution < -0.4 is 0 Å². The van der Waals surface area contributed by atoms with Crippen LogP contribution in [0.15, 0.2) is 167 Å². The summed E-state index contributed by atoms with van der Waals surface area (Å²) in [7, 11) is 0. The third kappa shape index (κ3) is 4.24. The fourth-order valence-corrected chi connectivity index (χ4v) is 8.87. The highest BCUT2D eigenvalue weighted by molar-refractivity contribution is 6.18. The van der Waals surface area contributed by atoms with Crippen LogP contribution in [0, 0.1) is 22.7 Å². The van der Waals surface area contributed by atoms with Gasteiger partial charge >= 0.3 is 0 Å². The second kappa shape index (κ2) is 11.2. The predicted molar refractivity (Wildman–Crippen MR) is 225 cm³/mol. The van der Waals surface area contributed by atoms with Gasteiger partial charge in [-0.15, -0.1) is 0 Å². The van der Waals surface area contributed by atoms with Crippen LogP contribution in [0.4, 0.5) is 0 Å². The molecular weight excluding hydrogens is 689 g/mol. The number of furan rings is 2. The number of nitriles is 2. The van der Waals surface area contributed by atoms with Gasteiger partial charge in [-0.2, -0.15) is 10.5 Å². The Balaban J connectivity index is 1.11. The maximum absolute atomic E-state index is 10.4. The zero-order valence-electron chi connectivity index (χ0n) is 29.6. The first kappa shape index (κ1) is 30.4. The molecule has 0 atom stereocenters. The Morgan fingerprint density at radius 3 is 1.20 bits per heavy atom. The molecule has 0 fully saturated rings. The summed E-state index contributed by atoms with van der Waals surface area (Å²) in [6.07, 6.45) is 0. The van der Waals surface area contributed by atoms with Gasteiger partial charge in [-0.3, -0.25) is 0 Å². The molecule has 0 aliphatic heterocycles. The van der Waals surface area contributed by atoms with Crippen molar-refractivity contribution in [2.45, 2.75) is 0 Å². The molecule has 0 unspecified atom stereocenters. The highest BCUT2D eigenvalue weighted by Gasteiger charge is 2.20. The molecule has 12 aromatic rings. The summed E-state index contributed by atoms with van der Waals surface area (Å²) in [4.78, 5) is 0. The number of benzene rings is 8. The van der Waals surface area contributed by atoms with E-state index in [4.69, 9.17) is 8.83 Å². The van der Waals surface area contributed by atoms with Gasteiger partial charge in [0.15, 0.2) is 0 Å². The lowest BCUT2D eigenvalue weighted by Crippen LogP contribution is -1.98. The molecule has 8 aromatic carbocycles. The largest absolute Gasteiger partial charge is 0.456 e. The van der Waals surface area contributed by atoms with Crippen LogP contribution in [-0.2, 0) is 0 Å². The van der Waals surface area contributed by atoms with E-state index in [0.717, 1.165) is 110 Å². The quantitative estimate of drug-likeness (QED) is 0.182. The van der Waals surface area contributed by atoms with Crippen LogP contribution in [0.3, 0.4) is 0 Å². The third-order valence-electron chi connectivity index (χ3n) is 11.3. The zero-order chi connectivity index (χ0) is 37.1. The van der Waals surface area contributed by atoms with E-state index in [9.17, 15) is 10.5 Å². The molecule has 6 nitrogen and oxygen atoms in total. The summed E-state index contributed by atoms with van der Waals surface area (Å²) in [5.41, 5.74) is 11.9. The summed E-state index contributed by atoms with van der Waals surface area (Å²) in [6.45, 7) is 0. The molecular formula is C50H26N4O2. The molecule has 4 aromatic heterocycles. The van der Waals surface area contributed by atoms with Crippen molar-refractivity contribution in [3.63, 3.8) is 0 Å². The van der Waals surface area contributed by atoms with Crippen LogP contribution >= 0.6 is 0 Å². The van der Waals surface area contributed by atoms with E-state index in [-0.39, 0.29) is 0 Å². The van der Waals surface area contributed by atoms with E-state index in [1.807, 2.05) is 72.8 Å². The van der Waals surface area contributed by atoms with Crippen LogP contribution in [-0.4, -0.2) is 9.13 Å². The summed E-state index contributed by atoms with van der Waals surface area (Å²) in [5, 5.41) is 29.4. The van der Waals surface area contributed by atoms with E-state index < -0.39 is 0 Å². The van der Waals surface area contributed by atoms with Crippen LogP contribution in [0.25, 0.3) is 110 Å². The molecule has 0 N–H and O–H groups in total. The highest BCUT2D eigenvalue weighted by atomic mass is 16.3. The zero-order valence-corrected chi connectivity index (χ0v) is 29.6. The molecule has 12 rings (SSSR count). The molecule has 0 saturated carbocycles. The second-order valence-corrected chi connectivity index (χ2v) is 14.4. The van der Waals surface area contributed by atoms with Gasteiger partial charge in [-0.25, -0.2) is 0 Å². The molecule has 258 valence electrons. The molecule has 0 aliphatic carbocycles. The van der Waals surface area contributed by atoms with Crippen molar-refractivity contribution in [3.05, 3.63) is 169 Å². The molecule has 0 aliphatic rings. The first-order chi connectivity index (χ1) is 27.6. The van der Waals surface area contributed by atoms with Gasteiger partial charge in [0.05, 0.1) is 45.3 Å². The van der Waals surface area contributed by atoms with Crippen molar-refractivity contribution < 1.29 is 8.83 Å². The van der Waals surface area contributed by atoms with Crippen molar-refractivity contribution in [1.82, 2.24) is 9.13 Å². The van der Waals surface area contributed by atoms with Gasteiger partial charge in [-0.05, 0) is 96.1 Å². The lowest BCUT2D eigenvalue weighted by Gasteiger charge is -2.14. The molecule has 56 heavy (non-hydrogen) atoms. The van der Waals surface area contributed by atoms with Gasteiger partial charge in [0, 0.05) is 54.5 Å². The van der Waals surface area contributed by atoms with Crippen LogP contribution in [0.5, 0.6) is 0 Å². The van der Waals surface area contributed by atoms with E-state index in [0.29, 0.717) is 11.1 Å². The Morgan fingerprint density at radius 1 is 0.339 bits per heavy atom. The first-order valence-electron chi connectivity index (χ1n) is 18.4. The van der Waals surface area contributed by atoms with Crippen molar-refractivity contribution in [2.24, 2.45) is 0 Å². The number of nitrogens with zero attached hydrogens (tertiary/aromatic N) is 4. The summed E-state index contributed by atoms with van der Waals surface area (Å²) >= 11 is 0. The number of fused-ring (bicyclic) bond motifs is 12. The Bertz CT molecular complexity index is 3500. The SMILES string of the molecule is N#Cc1cc(-c2cc(C#N)cc(-n3c4ccccc4c4cc5oc6ccccc6c5cc43)c2)cc(-n2c3ccccc3c3cc4oc5ccccc5c4cc32)c1. The molecule has 0 saturated heterocycles. The molecule has 0 spiro atoms. The Hall–Kier alpha value is -8.06. The smallest absolute Gasteiger partial charge is 0.136 e. The minimum atomic E-state index is 0.522. The molecule has 0 bridgehead atoms.